The van der Waals surface area contributed by atoms with E-state index in [0.29, 0.717) is 5.82 Å². The summed E-state index contributed by atoms with van der Waals surface area (Å²) in [5.41, 5.74) is 1.09. The molecule has 0 aliphatic rings. The van der Waals surface area contributed by atoms with Crippen LogP contribution in [0.2, 0.25) is 0 Å². The Kier molecular flexibility index (Phi) is 4.41. The highest BCUT2D eigenvalue weighted by Gasteiger charge is 2.12. The summed E-state index contributed by atoms with van der Waals surface area (Å²) in [6.45, 7) is 5.03. The van der Waals surface area contributed by atoms with E-state index < -0.39 is 5.97 Å². The van der Waals surface area contributed by atoms with Gasteiger partial charge in [0.15, 0.2) is 5.82 Å². The van der Waals surface area contributed by atoms with Crippen LogP contribution >= 0.6 is 0 Å². The Hall–Kier alpha value is -2.28. The van der Waals surface area contributed by atoms with E-state index in [-0.39, 0.29) is 11.9 Å². The molecule has 20 heavy (non-hydrogen) atoms. The van der Waals surface area contributed by atoms with Crippen molar-refractivity contribution in [3.8, 4) is 5.82 Å². The number of hydrogen-bond donors (Lipinski definition) is 1. The third-order valence-corrected chi connectivity index (χ3v) is 2.88. The molecular formula is C13H17N5O2. The van der Waals surface area contributed by atoms with E-state index in [1.807, 2.05) is 12.1 Å². The Morgan fingerprint density at radius 1 is 1.45 bits per heavy atom. The van der Waals surface area contributed by atoms with Gasteiger partial charge in [0.2, 0.25) is 0 Å². The van der Waals surface area contributed by atoms with Gasteiger partial charge in [0.1, 0.15) is 6.33 Å². The normalized spacial score (nSPS) is 12.2. The quantitative estimate of drug-likeness (QED) is 0.823. The molecule has 7 heteroatoms. The molecule has 2 heterocycles. The average molecular weight is 275 g/mol. The largest absolute Gasteiger partial charge is 0.463 e. The number of ether oxygens (including phenoxy) is 1. The van der Waals surface area contributed by atoms with Gasteiger partial charge in [-0.2, -0.15) is 0 Å². The first-order valence-electron chi connectivity index (χ1n) is 6.35. The van der Waals surface area contributed by atoms with Crippen LogP contribution in [0.1, 0.15) is 36.1 Å². The van der Waals surface area contributed by atoms with Gasteiger partial charge in [-0.3, -0.25) is 0 Å². The van der Waals surface area contributed by atoms with Gasteiger partial charge in [-0.05, 0) is 25.1 Å². The third kappa shape index (κ3) is 3.00. The lowest BCUT2D eigenvalue weighted by Crippen LogP contribution is -2.17. The van der Waals surface area contributed by atoms with Crippen molar-refractivity contribution in [2.24, 2.45) is 0 Å². The second-order valence-electron chi connectivity index (χ2n) is 4.23. The highest BCUT2D eigenvalue weighted by atomic mass is 16.5. The average Bonchev–Trinajstić information content (AvgIpc) is 2.96. The van der Waals surface area contributed by atoms with Crippen molar-refractivity contribution in [3.05, 3.63) is 36.0 Å². The smallest absolute Gasteiger partial charge is 0.377 e. The number of nitrogens with one attached hydrogen (secondary N) is 1. The van der Waals surface area contributed by atoms with Crippen molar-refractivity contribution in [1.29, 1.82) is 0 Å². The van der Waals surface area contributed by atoms with Gasteiger partial charge in [-0.15, -0.1) is 5.10 Å². The summed E-state index contributed by atoms with van der Waals surface area (Å²) in [7, 11) is 1.29. The van der Waals surface area contributed by atoms with E-state index in [0.717, 1.165) is 12.1 Å². The summed E-state index contributed by atoms with van der Waals surface area (Å²) < 4.78 is 6.00. The fourth-order valence-corrected chi connectivity index (χ4v) is 1.77. The van der Waals surface area contributed by atoms with Crippen LogP contribution in [-0.2, 0) is 4.74 Å². The molecule has 0 aliphatic carbocycles. The first-order valence-corrected chi connectivity index (χ1v) is 6.35. The van der Waals surface area contributed by atoms with Gasteiger partial charge in [-0.1, -0.05) is 13.0 Å². The van der Waals surface area contributed by atoms with Crippen molar-refractivity contribution in [3.63, 3.8) is 0 Å². The number of nitrogens with zero attached hydrogens (tertiary/aromatic N) is 4. The SMILES string of the molecule is CCNC(C)c1ccc(-n2cnc(C(=O)OC)n2)nc1. The lowest BCUT2D eigenvalue weighted by atomic mass is 10.1. The van der Waals surface area contributed by atoms with E-state index in [1.165, 1.54) is 18.1 Å². The van der Waals surface area contributed by atoms with Crippen molar-refractivity contribution < 1.29 is 9.53 Å². The number of hydrogen-bond acceptors (Lipinski definition) is 6. The maximum Gasteiger partial charge on any atom is 0.377 e. The zero-order chi connectivity index (χ0) is 14.5. The molecule has 0 aromatic carbocycles. The summed E-state index contributed by atoms with van der Waals surface area (Å²) in [4.78, 5) is 19.5. The first-order chi connectivity index (χ1) is 9.65. The zero-order valence-electron chi connectivity index (χ0n) is 11.7. The minimum Gasteiger partial charge on any atom is -0.463 e. The summed E-state index contributed by atoms with van der Waals surface area (Å²) >= 11 is 0. The number of pyridine rings is 1. The number of aromatic nitrogens is 4. The Morgan fingerprint density at radius 2 is 2.25 bits per heavy atom. The Labute approximate surface area is 117 Å². The van der Waals surface area contributed by atoms with E-state index in [1.54, 1.807) is 6.20 Å². The van der Waals surface area contributed by atoms with E-state index in [9.17, 15) is 4.79 Å². The number of methoxy groups -OCH3 is 1. The molecule has 0 amide bonds. The molecular weight excluding hydrogens is 258 g/mol. The highest BCUT2D eigenvalue weighted by molar-refractivity contribution is 5.84. The standard InChI is InChI=1S/C13H17N5O2/c1-4-14-9(2)10-5-6-11(15-7-10)18-8-16-12(17-18)13(19)20-3/h5-9,14H,4H2,1-3H3. The van der Waals surface area contributed by atoms with Crippen LogP contribution < -0.4 is 5.32 Å². The van der Waals surface area contributed by atoms with Crippen molar-refractivity contribution in [1.82, 2.24) is 25.1 Å². The van der Waals surface area contributed by atoms with Crippen molar-refractivity contribution in [2.75, 3.05) is 13.7 Å². The minimum atomic E-state index is -0.568. The van der Waals surface area contributed by atoms with Crippen LogP contribution in [0.5, 0.6) is 0 Å². The van der Waals surface area contributed by atoms with E-state index in [4.69, 9.17) is 0 Å². The van der Waals surface area contributed by atoms with Crippen LogP contribution in [0, 0.1) is 0 Å². The number of rotatable bonds is 5. The molecule has 0 fully saturated rings. The summed E-state index contributed by atoms with van der Waals surface area (Å²) in [6, 6.07) is 4.04. The molecule has 1 atom stereocenters. The maximum absolute atomic E-state index is 11.3. The monoisotopic (exact) mass is 275 g/mol. The van der Waals surface area contributed by atoms with Crippen LogP contribution in [0.4, 0.5) is 0 Å². The lowest BCUT2D eigenvalue weighted by molar-refractivity contribution is 0.0587. The zero-order valence-corrected chi connectivity index (χ0v) is 11.7. The molecule has 106 valence electrons. The van der Waals surface area contributed by atoms with Gasteiger partial charge >= 0.3 is 5.97 Å². The molecule has 2 aromatic rings. The molecule has 0 saturated heterocycles. The molecule has 7 nitrogen and oxygen atoms in total. The van der Waals surface area contributed by atoms with Gasteiger partial charge in [0.25, 0.3) is 5.82 Å². The molecule has 0 aliphatic heterocycles. The Balaban J connectivity index is 2.17. The molecule has 1 unspecified atom stereocenters. The number of esters is 1. The third-order valence-electron chi connectivity index (χ3n) is 2.88. The number of carbonyl (C=O) groups excluding carboxylic acids is 1. The Bertz CT molecular complexity index is 579. The fraction of sp³-hybridized carbons (Fsp3) is 0.385. The first kappa shape index (κ1) is 14.1. The van der Waals surface area contributed by atoms with E-state index in [2.05, 4.69) is 39.0 Å². The van der Waals surface area contributed by atoms with Crippen LogP contribution in [0.15, 0.2) is 24.7 Å². The predicted molar refractivity (Wildman–Crippen MR) is 72.6 cm³/mol. The topological polar surface area (TPSA) is 81.9 Å². The molecule has 0 spiro atoms. The van der Waals surface area contributed by atoms with Crippen molar-refractivity contribution >= 4 is 5.97 Å². The summed E-state index contributed by atoms with van der Waals surface area (Å²) in [5, 5.41) is 7.33. The second kappa shape index (κ2) is 6.25. The summed E-state index contributed by atoms with van der Waals surface area (Å²) in [6.07, 6.45) is 3.21. The Morgan fingerprint density at radius 3 is 2.85 bits per heavy atom. The van der Waals surface area contributed by atoms with Crippen LogP contribution in [0.3, 0.4) is 0 Å². The highest BCUT2D eigenvalue weighted by Crippen LogP contribution is 2.12. The van der Waals surface area contributed by atoms with E-state index >= 15 is 0 Å². The molecule has 0 radical (unpaired) electrons. The number of carbonyl (C=O) groups is 1. The molecule has 2 aromatic heterocycles. The predicted octanol–water partition coefficient (Wildman–Crippen LogP) is 1.12. The fourth-order valence-electron chi connectivity index (χ4n) is 1.77. The molecule has 0 saturated carbocycles. The van der Waals surface area contributed by atoms with Crippen molar-refractivity contribution in [2.45, 2.75) is 19.9 Å². The minimum absolute atomic E-state index is 0.0133. The van der Waals surface area contributed by atoms with Crippen LogP contribution in [0.25, 0.3) is 5.82 Å². The second-order valence-corrected chi connectivity index (χ2v) is 4.23. The van der Waals surface area contributed by atoms with Gasteiger partial charge in [0, 0.05) is 12.2 Å². The van der Waals surface area contributed by atoms with Gasteiger partial charge in [0.05, 0.1) is 7.11 Å². The lowest BCUT2D eigenvalue weighted by Gasteiger charge is -2.12. The molecule has 2 rings (SSSR count). The van der Waals surface area contributed by atoms with Gasteiger partial charge in [-0.25, -0.2) is 19.4 Å². The molecule has 1 N–H and O–H groups in total. The molecule has 0 bridgehead atoms. The summed E-state index contributed by atoms with van der Waals surface area (Å²) in [5.74, 6) is 0.0423. The van der Waals surface area contributed by atoms with Crippen LogP contribution in [-0.4, -0.2) is 39.4 Å². The van der Waals surface area contributed by atoms with Gasteiger partial charge < -0.3 is 10.1 Å². The maximum atomic E-state index is 11.3.